The Hall–Kier alpha value is -4.66. The van der Waals surface area contributed by atoms with E-state index in [1.54, 1.807) is 6.07 Å². The molecule has 1 amide bonds. The highest BCUT2D eigenvalue weighted by molar-refractivity contribution is 5.85. The van der Waals surface area contributed by atoms with E-state index >= 15 is 0 Å². The van der Waals surface area contributed by atoms with Crippen molar-refractivity contribution in [3.05, 3.63) is 82.3 Å². The molecular formula is C25H21N5O4. The van der Waals surface area contributed by atoms with Crippen LogP contribution in [0, 0.1) is 0 Å². The summed E-state index contributed by atoms with van der Waals surface area (Å²) in [6, 6.07) is 19.1. The maximum absolute atomic E-state index is 12.1. The van der Waals surface area contributed by atoms with Crippen molar-refractivity contribution in [1.82, 2.24) is 20.2 Å². The van der Waals surface area contributed by atoms with Crippen LogP contribution < -0.4 is 20.8 Å². The zero-order chi connectivity index (χ0) is 23.7. The summed E-state index contributed by atoms with van der Waals surface area (Å²) in [5.41, 5.74) is 9.75. The smallest absolute Gasteiger partial charge is 0.412 e. The number of hydrogen-bond donors (Lipinski definition) is 3. The quantitative estimate of drug-likeness (QED) is 0.355. The van der Waals surface area contributed by atoms with Gasteiger partial charge in [-0.2, -0.15) is 10.1 Å². The number of carbonyl (C=O) groups excluding carboxylic acids is 1. The van der Waals surface area contributed by atoms with E-state index in [-0.39, 0.29) is 11.6 Å². The van der Waals surface area contributed by atoms with Gasteiger partial charge < -0.3 is 20.2 Å². The van der Waals surface area contributed by atoms with Gasteiger partial charge in [0.25, 0.3) is 5.56 Å². The van der Waals surface area contributed by atoms with Crippen LogP contribution in [-0.4, -0.2) is 32.9 Å². The minimum atomic E-state index is -0.936. The lowest BCUT2D eigenvalue weighted by molar-refractivity contribution is 0.207. The van der Waals surface area contributed by atoms with Crippen molar-refractivity contribution in [3.63, 3.8) is 0 Å². The van der Waals surface area contributed by atoms with Gasteiger partial charge in [-0.15, -0.1) is 0 Å². The Labute approximate surface area is 193 Å². The second-order valence-corrected chi connectivity index (χ2v) is 7.68. The summed E-state index contributed by atoms with van der Waals surface area (Å²) in [5.74, 6) is 0.731. The first-order chi connectivity index (χ1) is 16.5. The maximum atomic E-state index is 12.1. The number of hydrogen-bond acceptors (Lipinski definition) is 6. The second kappa shape index (κ2) is 8.70. The number of carbonyl (C=O) groups is 1. The van der Waals surface area contributed by atoms with Gasteiger partial charge in [0.1, 0.15) is 5.75 Å². The molecule has 4 N–H and O–H groups in total. The Morgan fingerprint density at radius 2 is 1.88 bits per heavy atom. The molecule has 0 radical (unpaired) electrons. The minimum Gasteiger partial charge on any atom is -0.493 e. The number of aromatic nitrogens is 4. The lowest BCUT2D eigenvalue weighted by atomic mass is 9.98. The molecule has 5 rings (SSSR count). The van der Waals surface area contributed by atoms with Crippen LogP contribution in [0.5, 0.6) is 11.8 Å². The van der Waals surface area contributed by atoms with Crippen LogP contribution in [0.4, 0.5) is 4.79 Å². The van der Waals surface area contributed by atoms with E-state index in [0.29, 0.717) is 29.4 Å². The maximum Gasteiger partial charge on any atom is 0.412 e. The third-order valence-corrected chi connectivity index (χ3v) is 5.46. The highest BCUT2D eigenvalue weighted by atomic mass is 16.6. The fourth-order valence-corrected chi connectivity index (χ4v) is 3.99. The molecule has 0 unspecified atom stereocenters. The number of H-pyrrole nitrogens is 2. The average Bonchev–Trinajstić information content (AvgIpc) is 3.23. The van der Waals surface area contributed by atoms with Gasteiger partial charge in [-0.1, -0.05) is 30.3 Å². The largest absolute Gasteiger partial charge is 0.493 e. The normalized spacial score (nSPS) is 11.1. The van der Waals surface area contributed by atoms with E-state index in [4.69, 9.17) is 15.2 Å². The van der Waals surface area contributed by atoms with Crippen LogP contribution in [0.2, 0.25) is 0 Å². The Kier molecular flexibility index (Phi) is 5.43. The van der Waals surface area contributed by atoms with Crippen molar-refractivity contribution in [2.45, 2.75) is 13.3 Å². The molecule has 170 valence electrons. The van der Waals surface area contributed by atoms with E-state index in [1.807, 2.05) is 61.5 Å². The predicted molar refractivity (Wildman–Crippen MR) is 128 cm³/mol. The summed E-state index contributed by atoms with van der Waals surface area (Å²) in [6.45, 7) is 2.44. The number of nitrogens with two attached hydrogens (primary N) is 1. The van der Waals surface area contributed by atoms with Crippen LogP contribution in [0.15, 0.2) is 65.5 Å². The summed E-state index contributed by atoms with van der Waals surface area (Å²) in [6.07, 6.45) is -0.410. The fraction of sp³-hybridized carbons (Fsp3) is 0.120. The first kappa shape index (κ1) is 21.2. The first-order valence-corrected chi connectivity index (χ1v) is 10.7. The monoisotopic (exact) mass is 455 g/mol. The Morgan fingerprint density at radius 3 is 2.68 bits per heavy atom. The molecule has 0 spiro atoms. The second-order valence-electron chi connectivity index (χ2n) is 7.68. The Balaban J connectivity index is 1.56. The van der Waals surface area contributed by atoms with Gasteiger partial charge in [0.2, 0.25) is 0 Å². The third-order valence-electron chi connectivity index (χ3n) is 5.46. The lowest BCUT2D eigenvalue weighted by Crippen LogP contribution is -2.16. The first-order valence-electron chi connectivity index (χ1n) is 10.7. The Morgan fingerprint density at radius 1 is 1.06 bits per heavy atom. The zero-order valence-electron chi connectivity index (χ0n) is 18.3. The van der Waals surface area contributed by atoms with Crippen molar-refractivity contribution < 1.29 is 14.3 Å². The van der Waals surface area contributed by atoms with Crippen molar-refractivity contribution >= 4 is 27.9 Å². The lowest BCUT2D eigenvalue weighted by Gasteiger charge is -2.13. The van der Waals surface area contributed by atoms with Gasteiger partial charge in [0.05, 0.1) is 28.7 Å². The molecule has 0 saturated heterocycles. The number of benzene rings is 3. The van der Waals surface area contributed by atoms with Crippen LogP contribution >= 0.6 is 0 Å². The third kappa shape index (κ3) is 4.06. The minimum absolute atomic E-state index is 0.0365. The van der Waals surface area contributed by atoms with E-state index in [2.05, 4.69) is 20.2 Å². The number of primary amides is 1. The van der Waals surface area contributed by atoms with Crippen LogP contribution in [-0.2, 0) is 6.42 Å². The molecule has 0 aliphatic heterocycles. The van der Waals surface area contributed by atoms with Crippen LogP contribution in [0.25, 0.3) is 32.9 Å². The molecule has 9 nitrogen and oxygen atoms in total. The number of rotatable bonds is 6. The van der Waals surface area contributed by atoms with E-state index in [1.165, 1.54) is 0 Å². The number of amides is 1. The van der Waals surface area contributed by atoms with Gasteiger partial charge >= 0.3 is 12.1 Å². The van der Waals surface area contributed by atoms with Crippen LogP contribution in [0.3, 0.4) is 0 Å². The summed E-state index contributed by atoms with van der Waals surface area (Å²) in [5, 5.41) is 8.31. The van der Waals surface area contributed by atoms with E-state index in [0.717, 1.165) is 33.5 Å². The number of ether oxygens (including phenoxy) is 2. The standard InChI is InChI=1S/C25H21N5O4/c1-2-33-22-10-7-14(12-20-16-5-3-4-6-17(16)23(31)30-29-20)11-18(22)15-8-9-19-21(13-15)28-25(27-19)34-24(26)32/h3-11,13H,2,12H2,1H3,(H2,26,32)(H,27,28)(H,30,31). The average molecular weight is 455 g/mol. The molecule has 2 aromatic heterocycles. The van der Waals surface area contributed by atoms with Crippen molar-refractivity contribution in [2.24, 2.45) is 5.73 Å². The van der Waals surface area contributed by atoms with Gasteiger partial charge in [-0.05, 0) is 48.4 Å². The highest BCUT2D eigenvalue weighted by Crippen LogP contribution is 2.34. The molecule has 2 heterocycles. The number of aromatic amines is 2. The molecule has 0 aliphatic carbocycles. The van der Waals surface area contributed by atoms with Crippen molar-refractivity contribution in [2.75, 3.05) is 6.61 Å². The number of fused-ring (bicyclic) bond motifs is 2. The van der Waals surface area contributed by atoms with Gasteiger partial charge in [0.15, 0.2) is 0 Å². The number of nitrogens with zero attached hydrogens (tertiary/aromatic N) is 2. The summed E-state index contributed by atoms with van der Waals surface area (Å²) in [4.78, 5) is 30.4. The van der Waals surface area contributed by atoms with Gasteiger partial charge in [-0.3, -0.25) is 4.79 Å². The van der Waals surface area contributed by atoms with Gasteiger partial charge in [-0.25, -0.2) is 9.89 Å². The van der Waals surface area contributed by atoms with Crippen molar-refractivity contribution in [1.29, 1.82) is 0 Å². The fourth-order valence-electron chi connectivity index (χ4n) is 3.99. The molecular weight excluding hydrogens is 434 g/mol. The number of imidazole rings is 1. The van der Waals surface area contributed by atoms with Crippen LogP contribution in [0.1, 0.15) is 18.2 Å². The SMILES string of the molecule is CCOc1ccc(Cc2n[nH]c(=O)c3ccccc23)cc1-c1ccc2[nH]c(OC(N)=O)nc2c1. The van der Waals surface area contributed by atoms with E-state index < -0.39 is 6.09 Å². The molecule has 0 saturated carbocycles. The van der Waals surface area contributed by atoms with Crippen molar-refractivity contribution in [3.8, 4) is 22.9 Å². The molecule has 0 atom stereocenters. The summed E-state index contributed by atoms with van der Waals surface area (Å²) in [7, 11) is 0. The molecule has 0 aliphatic rings. The Bertz CT molecular complexity index is 1590. The van der Waals surface area contributed by atoms with Gasteiger partial charge in [0, 0.05) is 17.4 Å². The topological polar surface area (TPSA) is 136 Å². The zero-order valence-corrected chi connectivity index (χ0v) is 18.3. The van der Waals surface area contributed by atoms with E-state index in [9.17, 15) is 9.59 Å². The molecule has 5 aromatic rings. The highest BCUT2D eigenvalue weighted by Gasteiger charge is 2.13. The summed E-state index contributed by atoms with van der Waals surface area (Å²) < 4.78 is 10.7. The molecule has 0 fully saturated rings. The molecule has 0 bridgehead atoms. The summed E-state index contributed by atoms with van der Waals surface area (Å²) >= 11 is 0. The molecule has 3 aromatic carbocycles. The molecule has 9 heteroatoms. The number of nitrogens with one attached hydrogen (secondary N) is 2. The predicted octanol–water partition coefficient (Wildman–Crippen LogP) is 3.91. The molecule has 34 heavy (non-hydrogen) atoms.